The Kier molecular flexibility index (Phi) is 7.11. The number of unbranched alkanes of at least 4 members (excludes halogenated alkanes) is 3. The molecule has 0 heterocycles. The first-order valence-corrected chi connectivity index (χ1v) is 5.12. The normalized spacial score (nSPS) is 12.2. The maximum atomic E-state index is 11.0. The number of carbonyl (C=O) groups is 1. The number of ether oxygens (including phenoxy) is 1. The zero-order valence-corrected chi connectivity index (χ0v) is 9.08. The van der Waals surface area contributed by atoms with Gasteiger partial charge in [0.1, 0.15) is 0 Å². The lowest BCUT2D eigenvalue weighted by Crippen LogP contribution is -2.17. The zero-order valence-electron chi connectivity index (χ0n) is 9.08. The second kappa shape index (κ2) is 7.56. The molecule has 1 unspecified atom stereocenters. The average molecular weight is 200 g/mol. The molecule has 0 aromatic rings. The van der Waals surface area contributed by atoms with Crippen molar-refractivity contribution in [3.05, 3.63) is 12.2 Å². The fourth-order valence-corrected chi connectivity index (χ4v) is 1.03. The van der Waals surface area contributed by atoms with E-state index >= 15 is 0 Å². The quantitative estimate of drug-likeness (QED) is 0.297. The van der Waals surface area contributed by atoms with Crippen molar-refractivity contribution in [3.8, 4) is 0 Å². The molecule has 0 saturated carbocycles. The summed E-state index contributed by atoms with van der Waals surface area (Å²) in [5, 5.41) is 9.28. The van der Waals surface area contributed by atoms with Gasteiger partial charge in [0.25, 0.3) is 0 Å². The summed E-state index contributed by atoms with van der Waals surface area (Å²) >= 11 is 0. The maximum absolute atomic E-state index is 11.0. The summed E-state index contributed by atoms with van der Waals surface area (Å²) in [6.45, 7) is 7.12. The second-order valence-electron chi connectivity index (χ2n) is 3.49. The van der Waals surface area contributed by atoms with Gasteiger partial charge in [-0.15, -0.1) is 0 Å². The van der Waals surface area contributed by atoms with E-state index < -0.39 is 12.3 Å². The van der Waals surface area contributed by atoms with Crippen molar-refractivity contribution in [1.29, 1.82) is 0 Å². The van der Waals surface area contributed by atoms with Crippen molar-refractivity contribution in [2.45, 2.75) is 52.2 Å². The minimum absolute atomic E-state index is 0.317. The molecule has 0 amide bonds. The van der Waals surface area contributed by atoms with Crippen molar-refractivity contribution in [1.82, 2.24) is 0 Å². The van der Waals surface area contributed by atoms with Crippen molar-refractivity contribution in [3.63, 3.8) is 0 Å². The molecule has 0 aliphatic heterocycles. The fraction of sp³-hybridized carbons (Fsp3) is 0.727. The average Bonchev–Trinajstić information content (AvgIpc) is 2.12. The van der Waals surface area contributed by atoms with Gasteiger partial charge in [-0.3, -0.25) is 0 Å². The van der Waals surface area contributed by atoms with Gasteiger partial charge in [0.05, 0.1) is 0 Å². The van der Waals surface area contributed by atoms with Crippen LogP contribution >= 0.6 is 0 Å². The molecule has 0 aromatic carbocycles. The highest BCUT2D eigenvalue weighted by molar-refractivity contribution is 5.86. The molecule has 0 aromatic heterocycles. The fourth-order valence-electron chi connectivity index (χ4n) is 1.03. The van der Waals surface area contributed by atoms with Crippen LogP contribution in [-0.4, -0.2) is 17.4 Å². The monoisotopic (exact) mass is 200 g/mol. The summed E-state index contributed by atoms with van der Waals surface area (Å²) < 4.78 is 4.71. The van der Waals surface area contributed by atoms with Crippen molar-refractivity contribution >= 4 is 5.97 Å². The van der Waals surface area contributed by atoms with E-state index in [0.29, 0.717) is 12.0 Å². The van der Waals surface area contributed by atoms with Crippen molar-refractivity contribution in [2.75, 3.05) is 0 Å². The van der Waals surface area contributed by atoms with Gasteiger partial charge in [-0.25, -0.2) is 4.79 Å². The standard InChI is InChI=1S/C11H20O3/c1-4-5-6-7-8-10(12)14-11(13)9(2)3/h10,12H,2,4-8H2,1,3H3. The van der Waals surface area contributed by atoms with Crippen LogP contribution in [0.15, 0.2) is 12.2 Å². The zero-order chi connectivity index (χ0) is 11.0. The lowest BCUT2D eigenvalue weighted by Gasteiger charge is -2.11. The van der Waals surface area contributed by atoms with Gasteiger partial charge in [0.2, 0.25) is 6.29 Å². The Hall–Kier alpha value is -0.830. The number of esters is 1. The largest absolute Gasteiger partial charge is 0.433 e. The third-order valence-corrected chi connectivity index (χ3v) is 1.90. The molecule has 0 saturated heterocycles. The molecule has 1 atom stereocenters. The Morgan fingerprint density at radius 3 is 2.57 bits per heavy atom. The van der Waals surface area contributed by atoms with E-state index in [1.807, 2.05) is 0 Å². The third kappa shape index (κ3) is 6.66. The lowest BCUT2D eigenvalue weighted by molar-refractivity contribution is -0.163. The van der Waals surface area contributed by atoms with Gasteiger partial charge in [-0.2, -0.15) is 0 Å². The van der Waals surface area contributed by atoms with Crippen molar-refractivity contribution in [2.24, 2.45) is 0 Å². The first kappa shape index (κ1) is 13.2. The van der Waals surface area contributed by atoms with Gasteiger partial charge in [0.15, 0.2) is 0 Å². The Balaban J connectivity index is 3.50. The van der Waals surface area contributed by atoms with E-state index in [2.05, 4.69) is 13.5 Å². The van der Waals surface area contributed by atoms with Gasteiger partial charge in [-0.05, 0) is 13.3 Å². The Labute approximate surface area is 85.8 Å². The summed E-state index contributed by atoms with van der Waals surface area (Å²) in [4.78, 5) is 11.0. The summed E-state index contributed by atoms with van der Waals surface area (Å²) in [5.41, 5.74) is 0.317. The smallest absolute Gasteiger partial charge is 0.335 e. The molecule has 14 heavy (non-hydrogen) atoms. The van der Waals surface area contributed by atoms with Gasteiger partial charge in [0, 0.05) is 12.0 Å². The number of aliphatic hydroxyl groups is 1. The third-order valence-electron chi connectivity index (χ3n) is 1.90. The molecule has 0 radical (unpaired) electrons. The summed E-state index contributed by atoms with van der Waals surface area (Å²) in [5.74, 6) is -0.520. The summed E-state index contributed by atoms with van der Waals surface area (Å²) in [6, 6.07) is 0. The first-order chi connectivity index (χ1) is 6.57. The number of carbonyl (C=O) groups excluding carboxylic acids is 1. The van der Waals surface area contributed by atoms with Gasteiger partial charge in [-0.1, -0.05) is 32.8 Å². The van der Waals surface area contributed by atoms with E-state index in [-0.39, 0.29) is 0 Å². The van der Waals surface area contributed by atoms with Crippen LogP contribution in [0.2, 0.25) is 0 Å². The number of rotatable bonds is 7. The van der Waals surface area contributed by atoms with E-state index in [0.717, 1.165) is 25.7 Å². The van der Waals surface area contributed by atoms with Crippen LogP contribution in [0.25, 0.3) is 0 Å². The van der Waals surface area contributed by atoms with E-state index in [9.17, 15) is 9.90 Å². The van der Waals surface area contributed by atoms with Crippen LogP contribution in [0, 0.1) is 0 Å². The summed E-state index contributed by atoms with van der Waals surface area (Å²) in [6.07, 6.45) is 3.80. The van der Waals surface area contributed by atoms with Gasteiger partial charge >= 0.3 is 5.97 Å². The highest BCUT2D eigenvalue weighted by Crippen LogP contribution is 2.07. The highest BCUT2D eigenvalue weighted by atomic mass is 16.6. The van der Waals surface area contributed by atoms with Crippen molar-refractivity contribution < 1.29 is 14.6 Å². The predicted molar refractivity (Wildman–Crippen MR) is 55.7 cm³/mol. The Morgan fingerprint density at radius 2 is 2.07 bits per heavy atom. The molecule has 0 fully saturated rings. The second-order valence-corrected chi connectivity index (χ2v) is 3.49. The lowest BCUT2D eigenvalue weighted by atomic mass is 10.1. The minimum Gasteiger partial charge on any atom is -0.433 e. The molecular formula is C11H20O3. The molecule has 0 aliphatic carbocycles. The number of hydrogen-bond donors (Lipinski definition) is 1. The van der Waals surface area contributed by atoms with Gasteiger partial charge < -0.3 is 9.84 Å². The molecule has 0 rings (SSSR count). The molecule has 3 nitrogen and oxygen atoms in total. The van der Waals surface area contributed by atoms with Crippen LogP contribution in [0.4, 0.5) is 0 Å². The van der Waals surface area contributed by atoms with Crippen LogP contribution < -0.4 is 0 Å². The molecule has 0 bridgehead atoms. The number of hydrogen-bond acceptors (Lipinski definition) is 3. The van der Waals surface area contributed by atoms with Crippen LogP contribution in [0.5, 0.6) is 0 Å². The van der Waals surface area contributed by atoms with Crippen LogP contribution in [0.3, 0.4) is 0 Å². The van der Waals surface area contributed by atoms with E-state index in [1.165, 1.54) is 0 Å². The summed E-state index contributed by atoms with van der Waals surface area (Å²) in [7, 11) is 0. The molecular weight excluding hydrogens is 180 g/mol. The molecule has 82 valence electrons. The van der Waals surface area contributed by atoms with Crippen LogP contribution in [0.1, 0.15) is 46.0 Å². The Morgan fingerprint density at radius 1 is 1.43 bits per heavy atom. The molecule has 3 heteroatoms. The number of aliphatic hydroxyl groups excluding tert-OH is 1. The maximum Gasteiger partial charge on any atom is 0.335 e. The minimum atomic E-state index is -0.976. The Bertz CT molecular complexity index is 187. The van der Waals surface area contributed by atoms with E-state index in [4.69, 9.17) is 4.74 Å². The predicted octanol–water partition coefficient (Wildman–Crippen LogP) is 2.39. The highest BCUT2D eigenvalue weighted by Gasteiger charge is 2.10. The van der Waals surface area contributed by atoms with Crippen LogP contribution in [-0.2, 0) is 9.53 Å². The molecule has 0 aliphatic rings. The SMILES string of the molecule is C=C(C)C(=O)OC(O)CCCCCC. The molecule has 1 N–H and O–H groups in total. The molecule has 0 spiro atoms. The first-order valence-electron chi connectivity index (χ1n) is 5.12. The topological polar surface area (TPSA) is 46.5 Å². The van der Waals surface area contributed by atoms with E-state index in [1.54, 1.807) is 6.92 Å².